The number of carbonyl (C=O) groups is 3. The average molecular weight is 831 g/mol. The van der Waals surface area contributed by atoms with Crippen molar-refractivity contribution in [3.63, 3.8) is 0 Å². The lowest BCUT2D eigenvalue weighted by Crippen LogP contribution is -2.44. The van der Waals surface area contributed by atoms with Gasteiger partial charge in [-0.1, -0.05) is 41.4 Å². The van der Waals surface area contributed by atoms with Crippen LogP contribution in [0.2, 0.25) is 10.0 Å². The summed E-state index contributed by atoms with van der Waals surface area (Å²) in [4.78, 5) is 53.4. The monoisotopic (exact) mass is 829 g/mol. The molecule has 13 nitrogen and oxygen atoms in total. The fourth-order valence-electron chi connectivity index (χ4n) is 8.85. The minimum Gasteiger partial charge on any atom is -0.496 e. The van der Waals surface area contributed by atoms with Gasteiger partial charge >= 0.3 is 5.97 Å². The van der Waals surface area contributed by atoms with E-state index in [0.717, 1.165) is 75.7 Å². The number of anilines is 1. The summed E-state index contributed by atoms with van der Waals surface area (Å²) in [7, 11) is 4.62. The summed E-state index contributed by atoms with van der Waals surface area (Å²) in [6, 6.07) is 12.8. The predicted molar refractivity (Wildman–Crippen MR) is 222 cm³/mol. The maximum absolute atomic E-state index is 13.5. The first-order valence-electron chi connectivity index (χ1n) is 19.6. The van der Waals surface area contributed by atoms with E-state index < -0.39 is 5.91 Å². The molecule has 0 spiro atoms. The van der Waals surface area contributed by atoms with Crippen LogP contribution in [0, 0.1) is 10.8 Å². The third kappa shape index (κ3) is 8.49. The molecule has 15 heteroatoms. The van der Waals surface area contributed by atoms with E-state index in [1.165, 1.54) is 7.11 Å². The van der Waals surface area contributed by atoms with E-state index in [0.29, 0.717) is 64.0 Å². The number of rotatable bonds is 14. The Kier molecular flexibility index (Phi) is 12.5. The molecule has 1 aliphatic heterocycles. The molecule has 0 unspecified atom stereocenters. The van der Waals surface area contributed by atoms with Gasteiger partial charge in [-0.2, -0.15) is 0 Å². The van der Waals surface area contributed by atoms with Crippen LogP contribution in [0.25, 0.3) is 22.5 Å². The molecule has 3 fully saturated rings. The number of esters is 1. The Labute approximate surface area is 348 Å². The summed E-state index contributed by atoms with van der Waals surface area (Å²) in [6.07, 6.45) is 9.61. The molecular formula is C43H49Cl2N7O6. The second-order valence-electron chi connectivity index (χ2n) is 15.6. The number of nitrogens with one attached hydrogen (secondary N) is 3. The predicted octanol–water partition coefficient (Wildman–Crippen LogP) is 7.10. The van der Waals surface area contributed by atoms with Crippen molar-refractivity contribution in [2.45, 2.75) is 71.0 Å². The van der Waals surface area contributed by atoms with Crippen LogP contribution in [0.5, 0.6) is 11.6 Å². The van der Waals surface area contributed by atoms with Crippen molar-refractivity contribution in [3.05, 3.63) is 81.7 Å². The van der Waals surface area contributed by atoms with Gasteiger partial charge in [0.2, 0.25) is 11.8 Å². The molecule has 58 heavy (non-hydrogen) atoms. The molecule has 2 aliphatic carbocycles. The number of fused-ring (bicyclic) bond motifs is 2. The normalized spacial score (nSPS) is 20.2. The highest BCUT2D eigenvalue weighted by Crippen LogP contribution is 2.61. The van der Waals surface area contributed by atoms with Crippen LogP contribution >= 0.6 is 23.2 Å². The molecule has 2 amide bonds. The fourth-order valence-corrected chi connectivity index (χ4v) is 9.42. The number of ether oxygens (including phenoxy) is 3. The number of carbonyl (C=O) groups excluding carboxylic acids is 3. The zero-order valence-corrected chi connectivity index (χ0v) is 34.8. The van der Waals surface area contributed by atoms with E-state index in [4.69, 9.17) is 42.4 Å². The maximum atomic E-state index is 13.5. The Morgan fingerprint density at radius 3 is 2.38 bits per heavy atom. The van der Waals surface area contributed by atoms with Gasteiger partial charge in [0, 0.05) is 86.4 Å². The largest absolute Gasteiger partial charge is 0.496 e. The summed E-state index contributed by atoms with van der Waals surface area (Å²) in [5, 5.41) is 10.6. The second kappa shape index (κ2) is 17.6. The topological polar surface area (TPSA) is 157 Å². The summed E-state index contributed by atoms with van der Waals surface area (Å²) >= 11 is 14.0. The first-order valence-corrected chi connectivity index (χ1v) is 20.3. The number of aromatic nitrogens is 3. The van der Waals surface area contributed by atoms with E-state index in [-0.39, 0.29) is 33.4 Å². The average Bonchev–Trinajstić information content (AvgIpc) is 3.81. The van der Waals surface area contributed by atoms with Crippen LogP contribution in [-0.4, -0.2) is 84.6 Å². The number of benzene rings is 1. The van der Waals surface area contributed by atoms with Gasteiger partial charge in [-0.05, 0) is 68.6 Å². The Morgan fingerprint density at radius 1 is 0.897 bits per heavy atom. The highest BCUT2D eigenvalue weighted by molar-refractivity contribution is 6.39. The summed E-state index contributed by atoms with van der Waals surface area (Å²) < 4.78 is 16.5. The van der Waals surface area contributed by atoms with Gasteiger partial charge in [0.15, 0.2) is 0 Å². The minimum absolute atomic E-state index is 0.0787. The van der Waals surface area contributed by atoms with E-state index >= 15 is 0 Å². The van der Waals surface area contributed by atoms with E-state index in [9.17, 15) is 14.4 Å². The van der Waals surface area contributed by atoms with Gasteiger partial charge in [-0.3, -0.25) is 24.4 Å². The standard InChI is InChI=1S/C43H49Cl2N7O6/c1-26(53)52-18-11-29(12-19-52)48-22-27-8-9-32(51-40(27)57-3)30-10-17-47-38(37(30)45)31-6-5-7-33(36(31)44)50-39(54)34-20-35(56-2)28(23-49-34)21-46-25-42-13-15-43(24-42,16-14-42)41(55)58-4/h5-10,17,20,23,29,46,48H,11-16,18-19,21-22,24-25H2,1-4H3,(H,50,54). The van der Waals surface area contributed by atoms with Crippen LogP contribution in [-0.2, 0) is 27.4 Å². The number of likely N-dealkylation sites (tertiary alicyclic amines) is 1. The zero-order chi connectivity index (χ0) is 41.0. The van der Waals surface area contributed by atoms with Crippen LogP contribution in [0.15, 0.2) is 54.9 Å². The van der Waals surface area contributed by atoms with Crippen molar-refractivity contribution in [2.24, 2.45) is 10.8 Å². The molecule has 7 rings (SSSR count). The highest BCUT2D eigenvalue weighted by Gasteiger charge is 2.58. The molecule has 1 aromatic carbocycles. The van der Waals surface area contributed by atoms with E-state index in [1.807, 2.05) is 17.0 Å². The second-order valence-corrected chi connectivity index (χ2v) is 16.4. The van der Waals surface area contributed by atoms with Gasteiger partial charge in [0.25, 0.3) is 5.91 Å². The lowest BCUT2D eigenvalue weighted by atomic mass is 9.82. The number of amides is 2. The van der Waals surface area contributed by atoms with Crippen LogP contribution in [0.4, 0.5) is 5.69 Å². The van der Waals surface area contributed by atoms with Crippen molar-refractivity contribution in [2.75, 3.05) is 46.3 Å². The molecule has 4 aromatic rings. The smallest absolute Gasteiger partial charge is 0.311 e. The first kappa shape index (κ1) is 41.3. The summed E-state index contributed by atoms with van der Waals surface area (Å²) in [5.41, 5.74) is 4.15. The maximum Gasteiger partial charge on any atom is 0.311 e. The van der Waals surface area contributed by atoms with Gasteiger partial charge in [-0.15, -0.1) is 0 Å². The molecular weight excluding hydrogens is 781 g/mol. The molecule has 3 N–H and O–H groups in total. The quantitative estimate of drug-likeness (QED) is 0.112. The molecule has 306 valence electrons. The van der Waals surface area contributed by atoms with Crippen molar-refractivity contribution in [1.29, 1.82) is 0 Å². The Hall–Kier alpha value is -4.82. The van der Waals surface area contributed by atoms with Crippen molar-refractivity contribution in [3.8, 4) is 34.1 Å². The molecule has 3 aliphatic rings. The number of halogens is 2. The molecule has 4 heterocycles. The van der Waals surface area contributed by atoms with Crippen molar-refractivity contribution < 1.29 is 28.6 Å². The lowest BCUT2D eigenvalue weighted by molar-refractivity contribution is -0.152. The number of nitrogens with zero attached hydrogens (tertiary/aromatic N) is 4. The molecule has 2 bridgehead atoms. The number of piperidine rings is 1. The third-order valence-electron chi connectivity index (χ3n) is 12.1. The Morgan fingerprint density at radius 2 is 1.67 bits per heavy atom. The molecule has 0 radical (unpaired) electrons. The molecule has 2 saturated carbocycles. The fraction of sp³-hybridized carbons (Fsp3) is 0.442. The van der Waals surface area contributed by atoms with Crippen LogP contribution in [0.1, 0.15) is 73.5 Å². The Bertz CT molecular complexity index is 2190. The van der Waals surface area contributed by atoms with Gasteiger partial charge in [-0.25, -0.2) is 4.98 Å². The van der Waals surface area contributed by atoms with Crippen LogP contribution in [0.3, 0.4) is 0 Å². The lowest BCUT2D eigenvalue weighted by Gasteiger charge is -2.31. The first-order chi connectivity index (χ1) is 28.0. The Balaban J connectivity index is 1.01. The van der Waals surface area contributed by atoms with E-state index in [2.05, 4.69) is 25.9 Å². The summed E-state index contributed by atoms with van der Waals surface area (Å²) in [6.45, 7) is 4.93. The number of pyridine rings is 3. The van der Waals surface area contributed by atoms with E-state index in [1.54, 1.807) is 63.9 Å². The van der Waals surface area contributed by atoms with Crippen molar-refractivity contribution in [1.82, 2.24) is 30.5 Å². The number of methoxy groups -OCH3 is 3. The SMILES string of the molecule is COC(=O)C12CCC(CNCc3cnc(C(=O)Nc4cccc(-c5nccc(-c6ccc(CNC7CCN(C(C)=O)CC7)c(OC)n6)c5Cl)c4Cl)cc3OC)(CC1)C2. The third-order valence-corrected chi connectivity index (χ3v) is 12.9. The summed E-state index contributed by atoms with van der Waals surface area (Å²) in [5.74, 6) is 0.562. The minimum atomic E-state index is -0.466. The molecule has 3 aromatic heterocycles. The van der Waals surface area contributed by atoms with Gasteiger partial charge in [0.05, 0.1) is 53.9 Å². The van der Waals surface area contributed by atoms with Gasteiger partial charge in [0.1, 0.15) is 11.4 Å². The van der Waals surface area contributed by atoms with Gasteiger partial charge < -0.3 is 35.1 Å². The van der Waals surface area contributed by atoms with Crippen molar-refractivity contribution >= 4 is 46.7 Å². The molecule has 0 atom stereocenters. The highest BCUT2D eigenvalue weighted by atomic mass is 35.5. The number of hydrogen-bond acceptors (Lipinski definition) is 11. The van der Waals surface area contributed by atoms with Crippen LogP contribution < -0.4 is 25.4 Å². The zero-order valence-electron chi connectivity index (χ0n) is 33.3. The number of hydrogen-bond donors (Lipinski definition) is 3. The molecule has 1 saturated heterocycles.